The summed E-state index contributed by atoms with van der Waals surface area (Å²) < 4.78 is 0.962. The van der Waals surface area contributed by atoms with Gasteiger partial charge in [-0.15, -0.1) is 0 Å². The summed E-state index contributed by atoms with van der Waals surface area (Å²) in [5, 5.41) is 13.7. The van der Waals surface area contributed by atoms with Gasteiger partial charge in [0.2, 0.25) is 0 Å². The van der Waals surface area contributed by atoms with Gasteiger partial charge in [0, 0.05) is 28.1 Å². The second-order valence-electron chi connectivity index (χ2n) is 4.00. The number of rotatable bonds is 4. The van der Waals surface area contributed by atoms with Crippen molar-refractivity contribution < 1.29 is 5.11 Å². The molecule has 0 amide bonds. The lowest BCUT2D eigenvalue weighted by Crippen LogP contribution is -2.12. The average molecular weight is 327 g/mol. The van der Waals surface area contributed by atoms with Gasteiger partial charge in [0.05, 0.1) is 0 Å². The Morgan fingerprint density at radius 3 is 2.50 bits per heavy atom. The molecule has 0 radical (unpaired) electrons. The summed E-state index contributed by atoms with van der Waals surface area (Å²) in [4.78, 5) is 0. The van der Waals surface area contributed by atoms with E-state index < -0.39 is 0 Å². The molecule has 0 heterocycles. The van der Waals surface area contributed by atoms with E-state index in [9.17, 15) is 5.11 Å². The average Bonchev–Trinajstić information content (AvgIpc) is 2.36. The van der Waals surface area contributed by atoms with Crippen molar-refractivity contribution in [2.75, 3.05) is 0 Å². The van der Waals surface area contributed by atoms with E-state index >= 15 is 0 Å². The number of hydrogen-bond acceptors (Lipinski definition) is 2. The molecule has 2 N–H and O–H groups in total. The van der Waals surface area contributed by atoms with Crippen LogP contribution in [0.15, 0.2) is 46.9 Å². The fourth-order valence-electron chi connectivity index (χ4n) is 1.64. The van der Waals surface area contributed by atoms with Crippen LogP contribution in [0.3, 0.4) is 0 Å². The minimum absolute atomic E-state index is 0.307. The predicted octanol–water partition coefficient (Wildman–Crippen LogP) is 4.10. The molecule has 2 nitrogen and oxygen atoms in total. The normalized spacial score (nSPS) is 10.6. The van der Waals surface area contributed by atoms with Gasteiger partial charge in [0.25, 0.3) is 0 Å². The van der Waals surface area contributed by atoms with Crippen LogP contribution in [0, 0.1) is 0 Å². The topological polar surface area (TPSA) is 32.3 Å². The molecule has 2 rings (SSSR count). The summed E-state index contributed by atoms with van der Waals surface area (Å²) in [5.74, 6) is 0.307. The highest BCUT2D eigenvalue weighted by Gasteiger charge is 2.01. The third kappa shape index (κ3) is 3.73. The molecule has 0 aliphatic rings. The number of phenols is 1. The number of aromatic hydroxyl groups is 1. The Balaban J connectivity index is 1.92. The SMILES string of the molecule is Oc1ccc(Br)cc1CNCc1ccc(Cl)cc1. The Morgan fingerprint density at radius 2 is 1.78 bits per heavy atom. The molecule has 4 heteroatoms. The van der Waals surface area contributed by atoms with Crippen LogP contribution in [-0.4, -0.2) is 5.11 Å². The zero-order chi connectivity index (χ0) is 13.0. The molecule has 0 saturated carbocycles. The highest BCUT2D eigenvalue weighted by atomic mass is 79.9. The molecule has 94 valence electrons. The third-order valence-corrected chi connectivity index (χ3v) is 3.34. The molecule has 0 aromatic heterocycles. The number of hydrogen-bond donors (Lipinski definition) is 2. The summed E-state index contributed by atoms with van der Waals surface area (Å²) in [6.07, 6.45) is 0. The highest BCUT2D eigenvalue weighted by molar-refractivity contribution is 9.10. The summed E-state index contributed by atoms with van der Waals surface area (Å²) >= 11 is 9.21. The Kier molecular flexibility index (Phi) is 4.64. The van der Waals surface area contributed by atoms with Crippen molar-refractivity contribution in [3.63, 3.8) is 0 Å². The van der Waals surface area contributed by atoms with Crippen molar-refractivity contribution in [2.45, 2.75) is 13.1 Å². The molecular formula is C14H13BrClNO. The van der Waals surface area contributed by atoms with Gasteiger partial charge in [-0.05, 0) is 35.9 Å². The minimum Gasteiger partial charge on any atom is -0.508 e. The van der Waals surface area contributed by atoms with E-state index in [1.54, 1.807) is 6.07 Å². The van der Waals surface area contributed by atoms with Crippen molar-refractivity contribution in [3.05, 3.63) is 63.1 Å². The Morgan fingerprint density at radius 1 is 1.06 bits per heavy atom. The van der Waals surface area contributed by atoms with Gasteiger partial charge in [-0.1, -0.05) is 39.7 Å². The molecule has 0 saturated heterocycles. The van der Waals surface area contributed by atoms with Crippen LogP contribution in [0.5, 0.6) is 5.75 Å². The second kappa shape index (κ2) is 6.23. The molecule has 0 fully saturated rings. The Hall–Kier alpha value is -1.03. The van der Waals surface area contributed by atoms with Crippen molar-refractivity contribution in [2.24, 2.45) is 0 Å². The van der Waals surface area contributed by atoms with Gasteiger partial charge in [-0.3, -0.25) is 0 Å². The smallest absolute Gasteiger partial charge is 0.120 e. The zero-order valence-corrected chi connectivity index (χ0v) is 12.0. The Labute approximate surface area is 120 Å². The first-order chi connectivity index (χ1) is 8.65. The molecule has 0 unspecified atom stereocenters. The van der Waals surface area contributed by atoms with E-state index in [-0.39, 0.29) is 0 Å². The lowest BCUT2D eigenvalue weighted by atomic mass is 10.2. The number of phenolic OH excluding ortho intramolecular Hbond substituents is 1. The zero-order valence-electron chi connectivity index (χ0n) is 9.66. The van der Waals surface area contributed by atoms with Gasteiger partial charge in [0.1, 0.15) is 5.75 Å². The molecule has 0 atom stereocenters. The molecule has 0 aliphatic carbocycles. The largest absolute Gasteiger partial charge is 0.508 e. The number of halogens is 2. The first-order valence-electron chi connectivity index (χ1n) is 5.58. The molecular weight excluding hydrogens is 314 g/mol. The summed E-state index contributed by atoms with van der Waals surface area (Å²) in [5.41, 5.74) is 2.03. The van der Waals surface area contributed by atoms with Crippen LogP contribution in [-0.2, 0) is 13.1 Å². The predicted molar refractivity (Wildman–Crippen MR) is 77.8 cm³/mol. The van der Waals surface area contributed by atoms with Crippen molar-refractivity contribution in [1.29, 1.82) is 0 Å². The van der Waals surface area contributed by atoms with Crippen LogP contribution in [0.25, 0.3) is 0 Å². The molecule has 0 bridgehead atoms. The van der Waals surface area contributed by atoms with E-state index in [1.807, 2.05) is 36.4 Å². The number of benzene rings is 2. The quantitative estimate of drug-likeness (QED) is 0.886. The third-order valence-electron chi connectivity index (χ3n) is 2.60. The standard InChI is InChI=1S/C14H13BrClNO/c15-12-3-6-14(18)11(7-12)9-17-8-10-1-4-13(16)5-2-10/h1-7,17-18H,8-9H2. The fraction of sp³-hybridized carbons (Fsp3) is 0.143. The summed E-state index contributed by atoms with van der Waals surface area (Å²) in [6.45, 7) is 1.36. The lowest BCUT2D eigenvalue weighted by Gasteiger charge is -2.07. The van der Waals surface area contributed by atoms with E-state index in [0.29, 0.717) is 12.3 Å². The maximum Gasteiger partial charge on any atom is 0.120 e. The van der Waals surface area contributed by atoms with Gasteiger partial charge in [0.15, 0.2) is 0 Å². The fourth-order valence-corrected chi connectivity index (χ4v) is 2.17. The summed E-state index contributed by atoms with van der Waals surface area (Å²) in [7, 11) is 0. The van der Waals surface area contributed by atoms with E-state index in [0.717, 1.165) is 27.2 Å². The lowest BCUT2D eigenvalue weighted by molar-refractivity contribution is 0.464. The second-order valence-corrected chi connectivity index (χ2v) is 5.36. The van der Waals surface area contributed by atoms with Crippen molar-refractivity contribution in [1.82, 2.24) is 5.32 Å². The van der Waals surface area contributed by atoms with E-state index in [2.05, 4.69) is 21.2 Å². The van der Waals surface area contributed by atoms with Crippen LogP contribution in [0.2, 0.25) is 5.02 Å². The van der Waals surface area contributed by atoms with Crippen LogP contribution < -0.4 is 5.32 Å². The first kappa shape index (κ1) is 13.4. The maximum absolute atomic E-state index is 9.69. The molecule has 2 aromatic rings. The number of nitrogens with one attached hydrogen (secondary N) is 1. The Bertz CT molecular complexity index is 528. The molecule has 2 aromatic carbocycles. The highest BCUT2D eigenvalue weighted by Crippen LogP contribution is 2.21. The van der Waals surface area contributed by atoms with Crippen molar-refractivity contribution in [3.8, 4) is 5.75 Å². The van der Waals surface area contributed by atoms with Gasteiger partial charge < -0.3 is 10.4 Å². The van der Waals surface area contributed by atoms with Crippen molar-refractivity contribution >= 4 is 27.5 Å². The molecule has 0 spiro atoms. The first-order valence-corrected chi connectivity index (χ1v) is 6.75. The minimum atomic E-state index is 0.307. The van der Waals surface area contributed by atoms with Crippen LogP contribution >= 0.6 is 27.5 Å². The van der Waals surface area contributed by atoms with Crippen LogP contribution in [0.4, 0.5) is 0 Å². The van der Waals surface area contributed by atoms with Crippen LogP contribution in [0.1, 0.15) is 11.1 Å². The maximum atomic E-state index is 9.69. The monoisotopic (exact) mass is 325 g/mol. The molecule has 18 heavy (non-hydrogen) atoms. The van der Waals surface area contributed by atoms with Gasteiger partial charge in [-0.2, -0.15) is 0 Å². The van der Waals surface area contributed by atoms with E-state index in [1.165, 1.54) is 0 Å². The molecule has 0 aliphatic heterocycles. The summed E-state index contributed by atoms with van der Waals surface area (Å²) in [6, 6.07) is 13.1. The van der Waals surface area contributed by atoms with Gasteiger partial charge >= 0.3 is 0 Å². The van der Waals surface area contributed by atoms with Gasteiger partial charge in [-0.25, -0.2) is 0 Å². The van der Waals surface area contributed by atoms with E-state index in [4.69, 9.17) is 11.6 Å².